The Kier molecular flexibility index (Phi) is 6.92. The van der Waals surface area contributed by atoms with Gasteiger partial charge in [0.05, 0.1) is 6.10 Å². The van der Waals surface area contributed by atoms with Crippen LogP contribution in [0.1, 0.15) is 33.6 Å². The van der Waals surface area contributed by atoms with Crippen molar-refractivity contribution in [3.05, 3.63) is 12.2 Å². The van der Waals surface area contributed by atoms with E-state index < -0.39 is 0 Å². The fraction of sp³-hybridized carbons (Fsp3) is 0.818. The molecule has 0 saturated heterocycles. The van der Waals surface area contributed by atoms with Gasteiger partial charge in [-0.25, -0.2) is 0 Å². The summed E-state index contributed by atoms with van der Waals surface area (Å²) in [5, 5.41) is 3.42. The first-order chi connectivity index (χ1) is 6.11. The highest BCUT2D eigenvalue weighted by atomic mass is 16.5. The number of nitrogens with one attached hydrogen (secondary N) is 1. The zero-order valence-electron chi connectivity index (χ0n) is 9.39. The molecule has 0 spiro atoms. The molecule has 1 N–H and O–H groups in total. The Labute approximate surface area is 82.4 Å². The van der Waals surface area contributed by atoms with Gasteiger partial charge in [-0.05, 0) is 33.2 Å². The molecule has 2 nitrogen and oxygen atoms in total. The van der Waals surface area contributed by atoms with Crippen LogP contribution in [-0.4, -0.2) is 25.8 Å². The molecule has 0 saturated carbocycles. The summed E-state index contributed by atoms with van der Waals surface area (Å²) >= 11 is 0. The third kappa shape index (κ3) is 5.83. The minimum absolute atomic E-state index is 0.277. The van der Waals surface area contributed by atoms with Crippen LogP contribution in [0.3, 0.4) is 0 Å². The Balaban J connectivity index is 3.86. The Bertz CT molecular complexity index is 145. The quantitative estimate of drug-likeness (QED) is 0.615. The van der Waals surface area contributed by atoms with Gasteiger partial charge in [-0.3, -0.25) is 0 Å². The summed E-state index contributed by atoms with van der Waals surface area (Å²) in [4.78, 5) is 0. The zero-order valence-corrected chi connectivity index (χ0v) is 9.39. The van der Waals surface area contributed by atoms with Gasteiger partial charge in [-0.2, -0.15) is 0 Å². The van der Waals surface area contributed by atoms with E-state index >= 15 is 0 Å². The highest BCUT2D eigenvalue weighted by Crippen LogP contribution is 2.09. The lowest BCUT2D eigenvalue weighted by Crippen LogP contribution is -2.39. The molecule has 0 aliphatic rings. The maximum atomic E-state index is 5.30. The van der Waals surface area contributed by atoms with Crippen molar-refractivity contribution in [1.29, 1.82) is 0 Å². The van der Waals surface area contributed by atoms with Gasteiger partial charge in [-0.15, -0.1) is 6.58 Å². The average molecular weight is 185 g/mol. The topological polar surface area (TPSA) is 21.3 Å². The van der Waals surface area contributed by atoms with E-state index in [4.69, 9.17) is 4.74 Å². The van der Waals surface area contributed by atoms with Crippen LogP contribution >= 0.6 is 0 Å². The number of hydrogen-bond acceptors (Lipinski definition) is 2. The maximum absolute atomic E-state index is 5.30. The second-order valence-corrected chi connectivity index (χ2v) is 3.60. The largest absolute Gasteiger partial charge is 0.380 e. The molecule has 0 fully saturated rings. The zero-order chi connectivity index (χ0) is 10.3. The molecule has 2 atom stereocenters. The maximum Gasteiger partial charge on any atom is 0.0696 e. The van der Waals surface area contributed by atoms with Crippen molar-refractivity contribution in [2.75, 3.05) is 13.7 Å². The summed E-state index contributed by atoms with van der Waals surface area (Å²) in [6.07, 6.45) is 2.46. The smallest absolute Gasteiger partial charge is 0.0696 e. The summed E-state index contributed by atoms with van der Waals surface area (Å²) in [7, 11) is 1.76. The first-order valence-electron chi connectivity index (χ1n) is 5.02. The van der Waals surface area contributed by atoms with E-state index in [1.165, 1.54) is 5.57 Å². The van der Waals surface area contributed by atoms with Crippen molar-refractivity contribution in [2.45, 2.75) is 45.8 Å². The minimum atomic E-state index is 0.277. The third-order valence-electron chi connectivity index (χ3n) is 2.29. The van der Waals surface area contributed by atoms with Gasteiger partial charge in [0, 0.05) is 13.2 Å². The van der Waals surface area contributed by atoms with Gasteiger partial charge in [0.2, 0.25) is 0 Å². The normalized spacial score (nSPS) is 15.4. The molecule has 2 heteroatoms. The molecule has 2 unspecified atom stereocenters. The second kappa shape index (κ2) is 7.10. The molecule has 0 aromatic carbocycles. The first-order valence-corrected chi connectivity index (χ1v) is 5.02. The summed E-state index contributed by atoms with van der Waals surface area (Å²) < 4.78 is 5.30. The Hall–Kier alpha value is -0.340. The molecular formula is C11H23NO. The lowest BCUT2D eigenvalue weighted by Gasteiger charge is -2.23. The van der Waals surface area contributed by atoms with Gasteiger partial charge in [0.25, 0.3) is 0 Å². The molecule has 0 aliphatic carbocycles. The lowest BCUT2D eigenvalue weighted by atomic mass is 10.0. The predicted molar refractivity (Wildman–Crippen MR) is 58.0 cm³/mol. The standard InChI is InChI=1S/C11H23NO/c1-6-12-11(10(4)13-5)8-7-9(2)3/h10-12H,2,6-8H2,1,3-5H3. The van der Waals surface area contributed by atoms with E-state index in [0.29, 0.717) is 6.04 Å². The van der Waals surface area contributed by atoms with Crippen LogP contribution in [0.4, 0.5) is 0 Å². The first kappa shape index (κ1) is 12.7. The Morgan fingerprint density at radius 3 is 2.54 bits per heavy atom. The third-order valence-corrected chi connectivity index (χ3v) is 2.29. The van der Waals surface area contributed by atoms with Crippen molar-refractivity contribution in [3.63, 3.8) is 0 Å². The van der Waals surface area contributed by atoms with Crippen LogP contribution in [-0.2, 0) is 4.74 Å². The van der Waals surface area contributed by atoms with Crippen LogP contribution in [0.15, 0.2) is 12.2 Å². The van der Waals surface area contributed by atoms with Gasteiger partial charge in [0.1, 0.15) is 0 Å². The van der Waals surface area contributed by atoms with Crippen molar-refractivity contribution >= 4 is 0 Å². The SMILES string of the molecule is C=C(C)CCC(NCC)C(C)OC. The fourth-order valence-electron chi connectivity index (χ4n) is 1.33. The van der Waals surface area contributed by atoms with E-state index in [0.717, 1.165) is 19.4 Å². The van der Waals surface area contributed by atoms with Crippen molar-refractivity contribution in [1.82, 2.24) is 5.32 Å². The molecule has 0 radical (unpaired) electrons. The molecule has 0 bridgehead atoms. The van der Waals surface area contributed by atoms with Crippen LogP contribution in [0.25, 0.3) is 0 Å². The van der Waals surface area contributed by atoms with E-state index in [1.807, 2.05) is 0 Å². The van der Waals surface area contributed by atoms with Gasteiger partial charge >= 0.3 is 0 Å². The van der Waals surface area contributed by atoms with Crippen LogP contribution in [0.5, 0.6) is 0 Å². The number of ether oxygens (including phenoxy) is 1. The summed E-state index contributed by atoms with van der Waals surface area (Å²) in [6, 6.07) is 0.451. The second-order valence-electron chi connectivity index (χ2n) is 3.60. The van der Waals surface area contributed by atoms with Crippen molar-refractivity contribution in [3.8, 4) is 0 Å². The molecule has 0 aromatic heterocycles. The Morgan fingerprint density at radius 2 is 2.15 bits per heavy atom. The molecule has 0 rings (SSSR count). The number of allylic oxidation sites excluding steroid dienone is 1. The Morgan fingerprint density at radius 1 is 1.54 bits per heavy atom. The van der Waals surface area contributed by atoms with Gasteiger partial charge < -0.3 is 10.1 Å². The highest BCUT2D eigenvalue weighted by molar-refractivity contribution is 4.90. The van der Waals surface area contributed by atoms with Gasteiger partial charge in [0.15, 0.2) is 0 Å². The van der Waals surface area contributed by atoms with Gasteiger partial charge in [-0.1, -0.05) is 12.5 Å². The van der Waals surface area contributed by atoms with E-state index in [-0.39, 0.29) is 6.10 Å². The number of likely N-dealkylation sites (N-methyl/N-ethyl adjacent to an activating group) is 1. The van der Waals surface area contributed by atoms with E-state index in [9.17, 15) is 0 Å². The minimum Gasteiger partial charge on any atom is -0.380 e. The van der Waals surface area contributed by atoms with E-state index in [2.05, 4.69) is 32.7 Å². The summed E-state index contributed by atoms with van der Waals surface area (Å²) in [6.45, 7) is 11.2. The molecule has 0 aromatic rings. The molecule has 0 amide bonds. The fourth-order valence-corrected chi connectivity index (χ4v) is 1.33. The number of hydrogen-bond donors (Lipinski definition) is 1. The summed E-state index contributed by atoms with van der Waals surface area (Å²) in [5.41, 5.74) is 1.24. The van der Waals surface area contributed by atoms with Crippen LogP contribution < -0.4 is 5.32 Å². The molecule has 0 heterocycles. The monoisotopic (exact) mass is 185 g/mol. The van der Waals surface area contributed by atoms with Crippen molar-refractivity contribution < 1.29 is 4.74 Å². The van der Waals surface area contributed by atoms with Crippen molar-refractivity contribution in [2.24, 2.45) is 0 Å². The average Bonchev–Trinajstić information content (AvgIpc) is 2.10. The number of rotatable bonds is 7. The predicted octanol–water partition coefficient (Wildman–Crippen LogP) is 2.36. The summed E-state index contributed by atoms with van der Waals surface area (Å²) in [5.74, 6) is 0. The van der Waals surface area contributed by atoms with E-state index in [1.54, 1.807) is 7.11 Å². The molecular weight excluding hydrogens is 162 g/mol. The lowest BCUT2D eigenvalue weighted by molar-refractivity contribution is 0.0807. The molecule has 0 aliphatic heterocycles. The molecule has 13 heavy (non-hydrogen) atoms. The number of methoxy groups -OCH3 is 1. The van der Waals surface area contributed by atoms with Crippen LogP contribution in [0, 0.1) is 0 Å². The van der Waals surface area contributed by atoms with Crippen LogP contribution in [0.2, 0.25) is 0 Å². The molecule has 78 valence electrons. The highest BCUT2D eigenvalue weighted by Gasteiger charge is 2.14.